The largest absolute Gasteiger partial charge is 0.397 e. The summed E-state index contributed by atoms with van der Waals surface area (Å²) < 4.78 is 0. The fourth-order valence-corrected chi connectivity index (χ4v) is 1.42. The van der Waals surface area contributed by atoms with Gasteiger partial charge < -0.3 is 16.4 Å². The van der Waals surface area contributed by atoms with Gasteiger partial charge in [-0.2, -0.15) is 0 Å². The van der Waals surface area contributed by atoms with Gasteiger partial charge in [0.1, 0.15) is 0 Å². The molecule has 16 heavy (non-hydrogen) atoms. The van der Waals surface area contributed by atoms with Crippen LogP contribution in [-0.2, 0) is 4.79 Å². The highest BCUT2D eigenvalue weighted by Gasteiger charge is 2.04. The zero-order valence-electron chi connectivity index (χ0n) is 9.38. The molecule has 0 aliphatic carbocycles. The normalized spacial score (nSPS) is 10.2. The molecule has 0 fully saturated rings. The van der Waals surface area contributed by atoms with Crippen LogP contribution in [0.25, 0.3) is 0 Å². The molecule has 0 radical (unpaired) electrons. The number of carbonyl (C=O) groups excluding carboxylic acids is 1. The smallest absolute Gasteiger partial charge is 0.239 e. The number of anilines is 2. The molecule has 0 aliphatic heterocycles. The average molecular weight is 242 g/mol. The summed E-state index contributed by atoms with van der Waals surface area (Å²) in [6, 6.07) is 5.25. The van der Waals surface area contributed by atoms with Gasteiger partial charge in [-0.05, 0) is 32.0 Å². The minimum absolute atomic E-state index is 0.0654. The van der Waals surface area contributed by atoms with Crippen molar-refractivity contribution in [2.45, 2.75) is 19.9 Å². The maximum atomic E-state index is 11.4. The SMILES string of the molecule is CC(C)NC(=O)CNc1ccc(Cl)cc1N. The van der Waals surface area contributed by atoms with E-state index in [-0.39, 0.29) is 18.5 Å². The van der Waals surface area contributed by atoms with Crippen molar-refractivity contribution in [1.29, 1.82) is 0 Å². The molecule has 1 rings (SSSR count). The molecule has 1 aromatic rings. The van der Waals surface area contributed by atoms with Crippen molar-refractivity contribution in [3.8, 4) is 0 Å². The zero-order valence-corrected chi connectivity index (χ0v) is 10.1. The lowest BCUT2D eigenvalue weighted by atomic mass is 10.2. The number of carbonyl (C=O) groups is 1. The number of benzene rings is 1. The third-order valence-electron chi connectivity index (χ3n) is 1.90. The molecule has 0 unspecified atom stereocenters. The Bertz CT molecular complexity index is 379. The number of nitrogen functional groups attached to an aromatic ring is 1. The number of halogens is 1. The van der Waals surface area contributed by atoms with Crippen LogP contribution in [0.5, 0.6) is 0 Å². The van der Waals surface area contributed by atoms with Gasteiger partial charge >= 0.3 is 0 Å². The van der Waals surface area contributed by atoms with Crippen LogP contribution in [0.1, 0.15) is 13.8 Å². The summed E-state index contributed by atoms with van der Waals surface area (Å²) in [6.07, 6.45) is 0. The van der Waals surface area contributed by atoms with Crippen LogP contribution in [0.2, 0.25) is 5.02 Å². The quantitative estimate of drug-likeness (QED) is 0.705. The summed E-state index contributed by atoms with van der Waals surface area (Å²) in [6.45, 7) is 4.02. The minimum Gasteiger partial charge on any atom is -0.397 e. The second kappa shape index (κ2) is 5.61. The van der Waals surface area contributed by atoms with Gasteiger partial charge in [0.25, 0.3) is 0 Å². The fourth-order valence-electron chi connectivity index (χ4n) is 1.24. The number of hydrogen-bond acceptors (Lipinski definition) is 3. The van der Waals surface area contributed by atoms with Crippen LogP contribution in [0.15, 0.2) is 18.2 Å². The topological polar surface area (TPSA) is 67.2 Å². The Morgan fingerprint density at radius 3 is 2.75 bits per heavy atom. The summed E-state index contributed by atoms with van der Waals surface area (Å²) in [7, 11) is 0. The summed E-state index contributed by atoms with van der Waals surface area (Å²) in [5.41, 5.74) is 6.97. The van der Waals surface area contributed by atoms with Crippen LogP contribution >= 0.6 is 11.6 Å². The van der Waals surface area contributed by atoms with Crippen LogP contribution < -0.4 is 16.4 Å². The first-order valence-corrected chi connectivity index (χ1v) is 5.45. The van der Waals surface area contributed by atoms with Crippen molar-refractivity contribution in [2.75, 3.05) is 17.6 Å². The van der Waals surface area contributed by atoms with E-state index in [9.17, 15) is 4.79 Å². The molecule has 0 spiro atoms. The molecule has 0 bridgehead atoms. The van der Waals surface area contributed by atoms with Gasteiger partial charge in [0.15, 0.2) is 0 Å². The van der Waals surface area contributed by atoms with Crippen molar-refractivity contribution in [1.82, 2.24) is 5.32 Å². The highest BCUT2D eigenvalue weighted by molar-refractivity contribution is 6.31. The van der Waals surface area contributed by atoms with E-state index in [2.05, 4.69) is 10.6 Å². The molecule has 4 N–H and O–H groups in total. The molecule has 0 heterocycles. The first-order chi connectivity index (χ1) is 7.49. The van der Waals surface area contributed by atoms with Crippen molar-refractivity contribution in [2.24, 2.45) is 0 Å². The lowest BCUT2D eigenvalue weighted by molar-refractivity contribution is -0.119. The number of nitrogens with two attached hydrogens (primary N) is 1. The molecule has 5 heteroatoms. The van der Waals surface area contributed by atoms with E-state index in [1.807, 2.05) is 13.8 Å². The van der Waals surface area contributed by atoms with Crippen molar-refractivity contribution < 1.29 is 4.79 Å². The second-order valence-corrected chi connectivity index (χ2v) is 4.24. The number of rotatable bonds is 4. The van der Waals surface area contributed by atoms with Crippen LogP contribution in [0.4, 0.5) is 11.4 Å². The van der Waals surface area contributed by atoms with Gasteiger partial charge in [-0.3, -0.25) is 4.79 Å². The van der Waals surface area contributed by atoms with Crippen molar-refractivity contribution in [3.63, 3.8) is 0 Å². The van der Waals surface area contributed by atoms with E-state index in [0.717, 1.165) is 0 Å². The molecule has 0 saturated heterocycles. The molecule has 1 amide bonds. The van der Waals surface area contributed by atoms with E-state index < -0.39 is 0 Å². The Labute approximate surface area is 100 Å². The van der Waals surface area contributed by atoms with Crippen LogP contribution in [0, 0.1) is 0 Å². The van der Waals surface area contributed by atoms with Gasteiger partial charge in [-0.1, -0.05) is 11.6 Å². The molecule has 0 aromatic heterocycles. The zero-order chi connectivity index (χ0) is 12.1. The molecule has 0 saturated carbocycles. The fraction of sp³-hybridized carbons (Fsp3) is 0.364. The average Bonchev–Trinajstić information content (AvgIpc) is 2.15. The highest BCUT2D eigenvalue weighted by atomic mass is 35.5. The van der Waals surface area contributed by atoms with Crippen molar-refractivity contribution in [3.05, 3.63) is 23.2 Å². The first kappa shape index (κ1) is 12.6. The molecule has 4 nitrogen and oxygen atoms in total. The lowest BCUT2D eigenvalue weighted by Crippen LogP contribution is -2.34. The monoisotopic (exact) mass is 241 g/mol. The Morgan fingerprint density at radius 1 is 1.50 bits per heavy atom. The summed E-state index contributed by atoms with van der Waals surface area (Å²) in [4.78, 5) is 11.4. The Kier molecular flexibility index (Phi) is 4.43. The number of nitrogens with one attached hydrogen (secondary N) is 2. The summed E-state index contributed by atoms with van der Waals surface area (Å²) in [5.74, 6) is -0.0654. The van der Waals surface area contributed by atoms with Gasteiger partial charge in [-0.15, -0.1) is 0 Å². The molecular weight excluding hydrogens is 226 g/mol. The van der Waals surface area contributed by atoms with E-state index in [4.69, 9.17) is 17.3 Å². The molecule has 0 aliphatic rings. The van der Waals surface area contributed by atoms with E-state index >= 15 is 0 Å². The standard InChI is InChI=1S/C11H16ClN3O/c1-7(2)15-11(16)6-14-10-4-3-8(12)5-9(10)13/h3-5,7,14H,6,13H2,1-2H3,(H,15,16). The van der Waals surface area contributed by atoms with Gasteiger partial charge in [0.05, 0.1) is 17.9 Å². The predicted molar refractivity (Wildman–Crippen MR) is 67.6 cm³/mol. The Hall–Kier alpha value is -1.42. The third kappa shape index (κ3) is 3.98. The van der Waals surface area contributed by atoms with E-state index in [1.54, 1.807) is 18.2 Å². The summed E-state index contributed by atoms with van der Waals surface area (Å²) in [5, 5.41) is 6.30. The maximum absolute atomic E-state index is 11.4. The Morgan fingerprint density at radius 2 is 2.19 bits per heavy atom. The first-order valence-electron chi connectivity index (χ1n) is 5.07. The van der Waals surface area contributed by atoms with Gasteiger partial charge in [0.2, 0.25) is 5.91 Å². The lowest BCUT2D eigenvalue weighted by Gasteiger charge is -2.11. The van der Waals surface area contributed by atoms with Crippen LogP contribution in [-0.4, -0.2) is 18.5 Å². The predicted octanol–water partition coefficient (Wildman–Crippen LogP) is 1.86. The Balaban J connectivity index is 2.51. The maximum Gasteiger partial charge on any atom is 0.239 e. The molecular formula is C11H16ClN3O. The molecule has 0 atom stereocenters. The third-order valence-corrected chi connectivity index (χ3v) is 2.14. The van der Waals surface area contributed by atoms with Gasteiger partial charge in [0, 0.05) is 11.1 Å². The summed E-state index contributed by atoms with van der Waals surface area (Å²) >= 11 is 5.76. The van der Waals surface area contributed by atoms with E-state index in [1.165, 1.54) is 0 Å². The molecule has 88 valence electrons. The van der Waals surface area contributed by atoms with E-state index in [0.29, 0.717) is 16.4 Å². The number of amides is 1. The molecule has 1 aromatic carbocycles. The minimum atomic E-state index is -0.0654. The second-order valence-electron chi connectivity index (χ2n) is 3.81. The van der Waals surface area contributed by atoms with Crippen LogP contribution in [0.3, 0.4) is 0 Å². The van der Waals surface area contributed by atoms with Gasteiger partial charge in [-0.25, -0.2) is 0 Å². The van der Waals surface area contributed by atoms with Crippen molar-refractivity contribution >= 4 is 28.9 Å². The highest BCUT2D eigenvalue weighted by Crippen LogP contribution is 2.22. The number of hydrogen-bond donors (Lipinski definition) is 3.